The predicted octanol–water partition coefficient (Wildman–Crippen LogP) is 2.12. The van der Waals surface area contributed by atoms with E-state index in [2.05, 4.69) is 5.10 Å². The molecule has 0 spiro atoms. The average molecular weight is 302 g/mol. The zero-order valence-electron chi connectivity index (χ0n) is 12.3. The first-order chi connectivity index (χ1) is 9.93. The van der Waals surface area contributed by atoms with Crippen LogP contribution in [-0.4, -0.2) is 27.7 Å². The van der Waals surface area contributed by atoms with Crippen molar-refractivity contribution in [1.29, 1.82) is 0 Å². The van der Waals surface area contributed by atoms with Crippen molar-refractivity contribution in [3.05, 3.63) is 47.3 Å². The highest BCUT2D eigenvalue weighted by molar-refractivity contribution is 7.80. The van der Waals surface area contributed by atoms with E-state index in [0.717, 1.165) is 16.9 Å². The van der Waals surface area contributed by atoms with E-state index >= 15 is 0 Å². The van der Waals surface area contributed by atoms with E-state index < -0.39 is 0 Å². The zero-order chi connectivity index (χ0) is 15.6. The quantitative estimate of drug-likeness (QED) is 0.879. The molecule has 110 valence electrons. The van der Waals surface area contributed by atoms with Gasteiger partial charge in [0.25, 0.3) is 5.91 Å². The number of anilines is 1. The molecular formula is C15H18N4OS. The van der Waals surface area contributed by atoms with Crippen molar-refractivity contribution in [2.75, 3.05) is 11.9 Å². The van der Waals surface area contributed by atoms with Crippen molar-refractivity contribution in [3.8, 4) is 0 Å². The van der Waals surface area contributed by atoms with Crippen LogP contribution in [0.3, 0.4) is 0 Å². The van der Waals surface area contributed by atoms with Gasteiger partial charge in [-0.25, -0.2) is 0 Å². The maximum atomic E-state index is 12.6. The highest BCUT2D eigenvalue weighted by Crippen LogP contribution is 2.17. The van der Waals surface area contributed by atoms with E-state index in [0.29, 0.717) is 17.2 Å². The molecule has 0 unspecified atom stereocenters. The molecule has 0 saturated carbocycles. The second-order valence-corrected chi connectivity index (χ2v) is 5.20. The fraction of sp³-hybridized carbons (Fsp3) is 0.267. The van der Waals surface area contributed by atoms with Crippen molar-refractivity contribution >= 4 is 28.8 Å². The van der Waals surface area contributed by atoms with Crippen LogP contribution in [0.15, 0.2) is 30.3 Å². The Morgan fingerprint density at radius 3 is 2.52 bits per heavy atom. The predicted molar refractivity (Wildman–Crippen MR) is 87.7 cm³/mol. The third kappa shape index (κ3) is 3.11. The lowest BCUT2D eigenvalue weighted by Crippen LogP contribution is -2.28. The van der Waals surface area contributed by atoms with Gasteiger partial charge in [0.15, 0.2) is 0 Å². The summed E-state index contributed by atoms with van der Waals surface area (Å²) in [4.78, 5) is 14.5. The van der Waals surface area contributed by atoms with Gasteiger partial charge in [-0.2, -0.15) is 5.10 Å². The largest absolute Gasteiger partial charge is 0.389 e. The first-order valence-corrected chi connectivity index (χ1v) is 7.07. The smallest absolute Gasteiger partial charge is 0.276 e. The number of aryl methyl sites for hydroxylation is 2. The number of carbonyl (C=O) groups excluding carboxylic acids is 1. The topological polar surface area (TPSA) is 64.2 Å². The van der Waals surface area contributed by atoms with Crippen LogP contribution in [0.1, 0.15) is 28.7 Å². The highest BCUT2D eigenvalue weighted by atomic mass is 32.1. The fourth-order valence-corrected chi connectivity index (χ4v) is 2.23. The maximum Gasteiger partial charge on any atom is 0.276 e. The van der Waals surface area contributed by atoms with Crippen molar-refractivity contribution < 1.29 is 4.79 Å². The summed E-state index contributed by atoms with van der Waals surface area (Å²) in [5, 5.41) is 4.30. The lowest BCUT2D eigenvalue weighted by Gasteiger charge is -2.18. The summed E-state index contributed by atoms with van der Waals surface area (Å²) in [6.45, 7) is 4.49. The summed E-state index contributed by atoms with van der Waals surface area (Å²) < 4.78 is 1.71. The van der Waals surface area contributed by atoms with Gasteiger partial charge in [0.05, 0.1) is 5.69 Å². The van der Waals surface area contributed by atoms with E-state index in [-0.39, 0.29) is 5.91 Å². The molecule has 2 N–H and O–H groups in total. The number of hydrogen-bond donors (Lipinski definition) is 1. The molecule has 21 heavy (non-hydrogen) atoms. The summed E-state index contributed by atoms with van der Waals surface area (Å²) in [7, 11) is 1.74. The van der Waals surface area contributed by atoms with Gasteiger partial charge in [-0.3, -0.25) is 9.48 Å². The third-order valence-corrected chi connectivity index (χ3v) is 3.50. The molecule has 5 nitrogen and oxygen atoms in total. The van der Waals surface area contributed by atoms with Crippen molar-refractivity contribution in [3.63, 3.8) is 0 Å². The van der Waals surface area contributed by atoms with Crippen LogP contribution in [0.5, 0.6) is 0 Å². The molecule has 2 aromatic rings. The number of nitrogens with two attached hydrogens (primary N) is 1. The van der Waals surface area contributed by atoms with Gasteiger partial charge in [-0.15, -0.1) is 0 Å². The molecule has 0 saturated heterocycles. The average Bonchev–Trinajstić information content (AvgIpc) is 2.86. The van der Waals surface area contributed by atoms with Gasteiger partial charge < -0.3 is 10.6 Å². The molecule has 0 atom stereocenters. The molecule has 0 aliphatic rings. The number of aromatic nitrogens is 2. The van der Waals surface area contributed by atoms with Crippen LogP contribution < -0.4 is 10.6 Å². The van der Waals surface area contributed by atoms with Crippen LogP contribution in [0.4, 0.5) is 5.69 Å². The molecule has 6 heteroatoms. The minimum Gasteiger partial charge on any atom is -0.389 e. The Balaban J connectivity index is 2.28. The lowest BCUT2D eigenvalue weighted by molar-refractivity contribution is 0.0983. The van der Waals surface area contributed by atoms with E-state index in [9.17, 15) is 4.79 Å². The molecular weight excluding hydrogens is 284 g/mol. The van der Waals surface area contributed by atoms with E-state index in [1.54, 1.807) is 22.7 Å². The number of carbonyl (C=O) groups is 1. The molecule has 0 radical (unpaired) electrons. The van der Waals surface area contributed by atoms with Gasteiger partial charge in [0.2, 0.25) is 0 Å². The number of rotatable bonds is 4. The maximum absolute atomic E-state index is 12.6. The Bertz CT molecular complexity index is 675. The molecule has 0 aliphatic carbocycles. The number of benzene rings is 1. The molecule has 0 fully saturated rings. The second kappa shape index (κ2) is 6.05. The number of thiocarbonyl (C=S) groups is 1. The summed E-state index contributed by atoms with van der Waals surface area (Å²) in [6, 6.07) is 9.07. The number of amides is 1. The fourth-order valence-electron chi connectivity index (χ4n) is 2.10. The summed E-state index contributed by atoms with van der Waals surface area (Å²) >= 11 is 4.92. The van der Waals surface area contributed by atoms with Gasteiger partial charge in [0.1, 0.15) is 10.7 Å². The summed E-state index contributed by atoms with van der Waals surface area (Å²) in [6.07, 6.45) is 0. The van der Waals surface area contributed by atoms with Crippen molar-refractivity contribution in [2.24, 2.45) is 5.73 Å². The molecule has 0 bridgehead atoms. The Kier molecular flexibility index (Phi) is 4.37. The van der Waals surface area contributed by atoms with Crippen LogP contribution >= 0.6 is 12.2 Å². The van der Waals surface area contributed by atoms with E-state index in [4.69, 9.17) is 18.0 Å². The van der Waals surface area contributed by atoms with Gasteiger partial charge in [-0.05, 0) is 44.2 Å². The Labute approximate surface area is 129 Å². The zero-order valence-corrected chi connectivity index (χ0v) is 13.1. The van der Waals surface area contributed by atoms with Gasteiger partial charge in [0, 0.05) is 24.8 Å². The monoisotopic (exact) mass is 302 g/mol. The third-order valence-electron chi connectivity index (χ3n) is 3.26. The normalized spacial score (nSPS) is 10.4. The molecule has 2 rings (SSSR count). The second-order valence-electron chi connectivity index (χ2n) is 4.76. The van der Waals surface area contributed by atoms with Crippen LogP contribution in [-0.2, 0) is 6.54 Å². The first-order valence-electron chi connectivity index (χ1n) is 6.66. The number of nitrogens with zero attached hydrogens (tertiary/aromatic N) is 3. The molecule has 1 aromatic carbocycles. The van der Waals surface area contributed by atoms with E-state index in [1.165, 1.54) is 0 Å². The molecule has 0 aliphatic heterocycles. The van der Waals surface area contributed by atoms with Crippen LogP contribution in [0.2, 0.25) is 0 Å². The SMILES string of the molecule is CCn1nc(C)cc1C(=O)N(C)c1ccc(C(N)=S)cc1. The Hall–Kier alpha value is -2.21. The summed E-state index contributed by atoms with van der Waals surface area (Å²) in [5.74, 6) is -0.0967. The standard InChI is InChI=1S/C15H18N4OS/c1-4-19-13(9-10(2)17-19)15(20)18(3)12-7-5-11(6-8-12)14(16)21/h5-9H,4H2,1-3H3,(H2,16,21). The number of hydrogen-bond acceptors (Lipinski definition) is 3. The highest BCUT2D eigenvalue weighted by Gasteiger charge is 2.18. The van der Waals surface area contributed by atoms with Gasteiger partial charge >= 0.3 is 0 Å². The minimum absolute atomic E-state index is 0.0967. The first kappa shape index (κ1) is 15.2. The Morgan fingerprint density at radius 2 is 2.00 bits per heavy atom. The van der Waals surface area contributed by atoms with Crippen molar-refractivity contribution in [1.82, 2.24) is 9.78 Å². The van der Waals surface area contributed by atoms with Crippen LogP contribution in [0, 0.1) is 6.92 Å². The van der Waals surface area contributed by atoms with Crippen molar-refractivity contribution in [2.45, 2.75) is 20.4 Å². The molecule has 1 heterocycles. The molecule has 1 aromatic heterocycles. The van der Waals surface area contributed by atoms with E-state index in [1.807, 2.05) is 38.1 Å². The Morgan fingerprint density at radius 1 is 1.38 bits per heavy atom. The molecule has 1 amide bonds. The summed E-state index contributed by atoms with van der Waals surface area (Å²) in [5.41, 5.74) is 8.54. The van der Waals surface area contributed by atoms with Gasteiger partial charge in [-0.1, -0.05) is 12.2 Å². The lowest BCUT2D eigenvalue weighted by atomic mass is 10.2. The van der Waals surface area contributed by atoms with Crippen LogP contribution in [0.25, 0.3) is 0 Å². The minimum atomic E-state index is -0.0967.